The molecular weight excluding hydrogens is 322 g/mol. The van der Waals surface area contributed by atoms with Crippen molar-refractivity contribution >= 4 is 17.2 Å². The Morgan fingerprint density at radius 2 is 2.42 bits per heavy atom. The molecule has 1 fully saturated rings. The van der Waals surface area contributed by atoms with Gasteiger partial charge >= 0.3 is 0 Å². The molecule has 1 saturated heterocycles. The van der Waals surface area contributed by atoms with Crippen molar-refractivity contribution in [2.75, 3.05) is 26.7 Å². The molecule has 0 unspecified atom stereocenters. The SMILES string of the molecule is Cc1ncsc1CN(C)C[C@@H]1CCN(C(=O)CCc2ccco2)C1. The third kappa shape index (κ3) is 4.45. The number of aryl methyl sites for hydroxylation is 2. The summed E-state index contributed by atoms with van der Waals surface area (Å²) in [5, 5.41) is 0. The highest BCUT2D eigenvalue weighted by molar-refractivity contribution is 7.09. The molecule has 6 heteroatoms. The van der Waals surface area contributed by atoms with Gasteiger partial charge in [0.05, 0.1) is 17.5 Å². The van der Waals surface area contributed by atoms with Gasteiger partial charge in [-0.05, 0) is 38.4 Å². The van der Waals surface area contributed by atoms with Crippen molar-refractivity contribution in [3.63, 3.8) is 0 Å². The molecule has 130 valence electrons. The lowest BCUT2D eigenvalue weighted by Gasteiger charge is -2.21. The molecule has 0 aliphatic carbocycles. The van der Waals surface area contributed by atoms with Crippen LogP contribution in [0.5, 0.6) is 0 Å². The molecule has 2 aromatic heterocycles. The van der Waals surface area contributed by atoms with E-state index >= 15 is 0 Å². The first-order valence-electron chi connectivity index (χ1n) is 8.49. The van der Waals surface area contributed by atoms with E-state index < -0.39 is 0 Å². The van der Waals surface area contributed by atoms with E-state index in [0.717, 1.165) is 44.1 Å². The van der Waals surface area contributed by atoms with Gasteiger partial charge in [0, 0.05) is 43.9 Å². The maximum absolute atomic E-state index is 12.3. The fraction of sp³-hybridized carbons (Fsp3) is 0.556. The van der Waals surface area contributed by atoms with Crippen molar-refractivity contribution in [2.24, 2.45) is 5.92 Å². The molecule has 2 aromatic rings. The lowest BCUT2D eigenvalue weighted by molar-refractivity contribution is -0.130. The van der Waals surface area contributed by atoms with Crippen LogP contribution in [-0.4, -0.2) is 47.4 Å². The second kappa shape index (κ2) is 7.94. The summed E-state index contributed by atoms with van der Waals surface area (Å²) in [6.07, 6.45) is 3.98. The molecule has 0 aromatic carbocycles. The molecule has 0 saturated carbocycles. The van der Waals surface area contributed by atoms with Gasteiger partial charge in [0.2, 0.25) is 5.91 Å². The first-order chi connectivity index (χ1) is 11.6. The molecule has 1 aliphatic rings. The number of nitrogens with zero attached hydrogens (tertiary/aromatic N) is 3. The lowest BCUT2D eigenvalue weighted by Crippen LogP contribution is -2.31. The molecule has 0 bridgehead atoms. The van der Waals surface area contributed by atoms with Gasteiger partial charge in [-0.1, -0.05) is 0 Å². The Labute approximate surface area is 147 Å². The van der Waals surface area contributed by atoms with Gasteiger partial charge < -0.3 is 14.2 Å². The average Bonchev–Trinajstić information content (AvgIpc) is 3.28. The van der Waals surface area contributed by atoms with E-state index in [1.165, 1.54) is 4.88 Å². The highest BCUT2D eigenvalue weighted by atomic mass is 32.1. The second-order valence-electron chi connectivity index (χ2n) is 6.63. The van der Waals surface area contributed by atoms with Gasteiger partial charge in [-0.2, -0.15) is 0 Å². The minimum Gasteiger partial charge on any atom is -0.469 e. The van der Waals surface area contributed by atoms with Crippen molar-refractivity contribution in [1.29, 1.82) is 0 Å². The van der Waals surface area contributed by atoms with Crippen LogP contribution >= 0.6 is 11.3 Å². The van der Waals surface area contributed by atoms with E-state index in [1.807, 2.05) is 22.5 Å². The highest BCUT2D eigenvalue weighted by Crippen LogP contribution is 2.21. The van der Waals surface area contributed by atoms with Gasteiger partial charge in [0.1, 0.15) is 5.76 Å². The van der Waals surface area contributed by atoms with E-state index in [2.05, 4.69) is 23.9 Å². The first kappa shape index (κ1) is 17.2. The minimum absolute atomic E-state index is 0.245. The Kier molecular flexibility index (Phi) is 5.68. The van der Waals surface area contributed by atoms with Crippen LogP contribution < -0.4 is 0 Å². The summed E-state index contributed by atoms with van der Waals surface area (Å²) in [5.41, 5.74) is 3.04. The smallest absolute Gasteiger partial charge is 0.223 e. The summed E-state index contributed by atoms with van der Waals surface area (Å²) < 4.78 is 5.30. The van der Waals surface area contributed by atoms with Gasteiger partial charge in [-0.15, -0.1) is 11.3 Å². The van der Waals surface area contributed by atoms with Crippen molar-refractivity contribution < 1.29 is 9.21 Å². The van der Waals surface area contributed by atoms with E-state index in [9.17, 15) is 4.79 Å². The van der Waals surface area contributed by atoms with Crippen LogP contribution in [0.3, 0.4) is 0 Å². The standard InChI is InChI=1S/C18H25N3O2S/c1-14-17(24-13-19-14)12-20(2)10-15-7-8-21(11-15)18(22)6-5-16-4-3-9-23-16/h3-4,9,13,15H,5-8,10-12H2,1-2H3/t15-/m0/s1. The molecule has 5 nitrogen and oxygen atoms in total. The number of aromatic nitrogens is 1. The van der Waals surface area contributed by atoms with Crippen molar-refractivity contribution in [3.8, 4) is 0 Å². The van der Waals surface area contributed by atoms with Crippen LogP contribution in [0.25, 0.3) is 0 Å². The molecule has 24 heavy (non-hydrogen) atoms. The summed E-state index contributed by atoms with van der Waals surface area (Å²) in [6.45, 7) is 5.80. The molecule has 1 aliphatic heterocycles. The molecule has 1 amide bonds. The van der Waals surface area contributed by atoms with E-state index in [0.29, 0.717) is 18.8 Å². The van der Waals surface area contributed by atoms with Crippen molar-refractivity contribution in [1.82, 2.24) is 14.8 Å². The third-order valence-corrected chi connectivity index (χ3v) is 5.55. The second-order valence-corrected chi connectivity index (χ2v) is 7.57. The molecular formula is C18H25N3O2S. The predicted octanol–water partition coefficient (Wildman–Crippen LogP) is 2.96. The zero-order valence-corrected chi connectivity index (χ0v) is 15.2. The van der Waals surface area contributed by atoms with Crippen LogP contribution in [0.15, 0.2) is 28.3 Å². The minimum atomic E-state index is 0.245. The van der Waals surface area contributed by atoms with Crippen LogP contribution in [0.2, 0.25) is 0 Å². The largest absolute Gasteiger partial charge is 0.469 e. The number of amides is 1. The first-order valence-corrected chi connectivity index (χ1v) is 9.37. The van der Waals surface area contributed by atoms with Crippen LogP contribution in [0, 0.1) is 12.8 Å². The topological polar surface area (TPSA) is 49.6 Å². The number of carbonyl (C=O) groups excluding carboxylic acids is 1. The third-order valence-electron chi connectivity index (χ3n) is 4.63. The Morgan fingerprint density at radius 1 is 1.54 bits per heavy atom. The number of hydrogen-bond acceptors (Lipinski definition) is 5. The monoisotopic (exact) mass is 347 g/mol. The summed E-state index contributed by atoms with van der Waals surface area (Å²) in [5.74, 6) is 1.70. The zero-order valence-electron chi connectivity index (χ0n) is 14.4. The van der Waals surface area contributed by atoms with Gasteiger partial charge in [-0.25, -0.2) is 4.98 Å². The Hall–Kier alpha value is -1.66. The number of rotatable bonds is 7. The van der Waals surface area contributed by atoms with Gasteiger partial charge in [0.25, 0.3) is 0 Å². The fourth-order valence-electron chi connectivity index (χ4n) is 3.28. The van der Waals surface area contributed by atoms with Crippen LogP contribution in [-0.2, 0) is 17.8 Å². The number of carbonyl (C=O) groups is 1. The summed E-state index contributed by atoms with van der Waals surface area (Å²) in [7, 11) is 2.15. The zero-order chi connectivity index (χ0) is 16.9. The Balaban J connectivity index is 1.41. The predicted molar refractivity (Wildman–Crippen MR) is 94.9 cm³/mol. The summed E-state index contributed by atoms with van der Waals surface area (Å²) >= 11 is 1.72. The molecule has 0 spiro atoms. The van der Waals surface area contributed by atoms with Gasteiger partial charge in [-0.3, -0.25) is 4.79 Å². The van der Waals surface area contributed by atoms with E-state index in [-0.39, 0.29) is 5.91 Å². The Morgan fingerprint density at radius 3 is 3.12 bits per heavy atom. The number of thiazole rings is 1. The van der Waals surface area contributed by atoms with E-state index in [4.69, 9.17) is 4.42 Å². The molecule has 3 heterocycles. The fourth-order valence-corrected chi connectivity index (χ4v) is 4.14. The van der Waals surface area contributed by atoms with E-state index in [1.54, 1.807) is 17.6 Å². The van der Waals surface area contributed by atoms with Gasteiger partial charge in [0.15, 0.2) is 0 Å². The van der Waals surface area contributed by atoms with Crippen molar-refractivity contribution in [2.45, 2.75) is 32.7 Å². The molecule has 3 rings (SSSR count). The van der Waals surface area contributed by atoms with Crippen LogP contribution in [0.1, 0.15) is 29.2 Å². The number of hydrogen-bond donors (Lipinski definition) is 0. The highest BCUT2D eigenvalue weighted by Gasteiger charge is 2.27. The molecule has 0 N–H and O–H groups in total. The van der Waals surface area contributed by atoms with Crippen LogP contribution in [0.4, 0.5) is 0 Å². The Bertz CT molecular complexity index is 653. The maximum atomic E-state index is 12.3. The normalized spacial score (nSPS) is 17.8. The lowest BCUT2D eigenvalue weighted by atomic mass is 10.1. The maximum Gasteiger partial charge on any atom is 0.223 e. The summed E-state index contributed by atoms with van der Waals surface area (Å²) in [4.78, 5) is 22.3. The average molecular weight is 347 g/mol. The number of likely N-dealkylation sites (tertiary alicyclic amines) is 1. The quantitative estimate of drug-likeness (QED) is 0.773. The summed E-state index contributed by atoms with van der Waals surface area (Å²) in [6, 6.07) is 3.79. The molecule has 1 atom stereocenters. The van der Waals surface area contributed by atoms with Crippen molar-refractivity contribution in [3.05, 3.63) is 40.2 Å². The molecule has 0 radical (unpaired) electrons. The number of furan rings is 1.